The molecule has 0 fully saturated rings. The van der Waals surface area contributed by atoms with Gasteiger partial charge in [0, 0.05) is 5.02 Å². The molecule has 0 saturated heterocycles. The molecule has 96 valence electrons. The third kappa shape index (κ3) is 2.55. The molecule has 1 aromatic heterocycles. The maximum absolute atomic E-state index is 13.6. The summed E-state index contributed by atoms with van der Waals surface area (Å²) in [5.74, 6) is -0.347. The van der Waals surface area contributed by atoms with Crippen LogP contribution in [0.2, 0.25) is 5.02 Å². The third-order valence-electron chi connectivity index (χ3n) is 2.71. The first kappa shape index (κ1) is 12.4. The van der Waals surface area contributed by atoms with E-state index in [-0.39, 0.29) is 5.82 Å². The fourth-order valence-electron chi connectivity index (χ4n) is 1.80. The summed E-state index contributed by atoms with van der Waals surface area (Å²) in [5, 5.41) is 4.11. The van der Waals surface area contributed by atoms with Crippen molar-refractivity contribution >= 4 is 44.0 Å². The number of nitrogens with zero attached hydrogens (tertiary/aromatic N) is 1. The van der Waals surface area contributed by atoms with E-state index in [0.717, 1.165) is 15.8 Å². The van der Waals surface area contributed by atoms with Crippen molar-refractivity contribution in [3.05, 3.63) is 52.8 Å². The lowest BCUT2D eigenvalue weighted by molar-refractivity contribution is 0.632. The summed E-state index contributed by atoms with van der Waals surface area (Å²) in [7, 11) is 0. The SMILES string of the molecule is Cc1ccc2sc(Nc3cc(Cl)ccc3F)nc2c1. The maximum atomic E-state index is 13.6. The summed E-state index contributed by atoms with van der Waals surface area (Å²) in [6.45, 7) is 2.02. The van der Waals surface area contributed by atoms with Crippen LogP contribution in [-0.4, -0.2) is 4.98 Å². The van der Waals surface area contributed by atoms with Crippen LogP contribution in [0.5, 0.6) is 0 Å². The van der Waals surface area contributed by atoms with Gasteiger partial charge in [-0.15, -0.1) is 0 Å². The van der Waals surface area contributed by atoms with Gasteiger partial charge in [0.1, 0.15) is 5.82 Å². The third-order valence-corrected chi connectivity index (χ3v) is 3.90. The molecule has 0 spiro atoms. The van der Waals surface area contributed by atoms with Crippen LogP contribution >= 0.6 is 22.9 Å². The highest BCUT2D eigenvalue weighted by atomic mass is 35.5. The van der Waals surface area contributed by atoms with E-state index in [1.54, 1.807) is 6.07 Å². The molecule has 5 heteroatoms. The minimum Gasteiger partial charge on any atom is -0.329 e. The minimum atomic E-state index is -0.347. The largest absolute Gasteiger partial charge is 0.329 e. The highest BCUT2D eigenvalue weighted by Crippen LogP contribution is 2.30. The molecule has 3 rings (SSSR count). The average Bonchev–Trinajstić information content (AvgIpc) is 2.75. The normalized spacial score (nSPS) is 10.9. The Morgan fingerprint density at radius 1 is 1.21 bits per heavy atom. The van der Waals surface area contributed by atoms with E-state index in [0.29, 0.717) is 15.8 Å². The molecule has 0 bridgehead atoms. The first-order valence-corrected chi connectivity index (χ1v) is 6.90. The summed E-state index contributed by atoms with van der Waals surface area (Å²) in [4.78, 5) is 4.44. The molecule has 0 amide bonds. The zero-order valence-electron chi connectivity index (χ0n) is 10.1. The Balaban J connectivity index is 1.98. The van der Waals surface area contributed by atoms with Crippen molar-refractivity contribution < 1.29 is 4.39 Å². The summed E-state index contributed by atoms with van der Waals surface area (Å²) in [6, 6.07) is 10.5. The number of halogens is 2. The predicted octanol–water partition coefficient (Wildman–Crippen LogP) is 5.14. The Kier molecular flexibility index (Phi) is 3.12. The van der Waals surface area contributed by atoms with Crippen molar-refractivity contribution in [3.8, 4) is 0 Å². The van der Waals surface area contributed by atoms with Crippen LogP contribution in [0.25, 0.3) is 10.2 Å². The lowest BCUT2D eigenvalue weighted by Gasteiger charge is -2.03. The number of hydrogen-bond acceptors (Lipinski definition) is 3. The lowest BCUT2D eigenvalue weighted by Crippen LogP contribution is -1.92. The molecule has 1 N–H and O–H groups in total. The van der Waals surface area contributed by atoms with Gasteiger partial charge < -0.3 is 5.32 Å². The van der Waals surface area contributed by atoms with Gasteiger partial charge in [-0.3, -0.25) is 0 Å². The van der Waals surface area contributed by atoms with E-state index in [1.165, 1.54) is 23.5 Å². The lowest BCUT2D eigenvalue weighted by atomic mass is 10.2. The van der Waals surface area contributed by atoms with E-state index >= 15 is 0 Å². The number of benzene rings is 2. The van der Waals surface area contributed by atoms with Gasteiger partial charge in [0.2, 0.25) is 0 Å². The maximum Gasteiger partial charge on any atom is 0.188 e. The Labute approximate surface area is 118 Å². The molecular weight excluding hydrogens is 283 g/mol. The van der Waals surface area contributed by atoms with E-state index in [2.05, 4.69) is 10.3 Å². The van der Waals surface area contributed by atoms with Crippen LogP contribution in [0.4, 0.5) is 15.2 Å². The van der Waals surface area contributed by atoms with Crippen LogP contribution < -0.4 is 5.32 Å². The standard InChI is InChI=1S/C14H10ClFN2S/c1-8-2-5-13-12(6-8)18-14(19-13)17-11-7-9(15)3-4-10(11)16/h2-7H,1H3,(H,17,18). The molecule has 0 aliphatic carbocycles. The van der Waals surface area contributed by atoms with Crippen molar-refractivity contribution in [1.82, 2.24) is 4.98 Å². The van der Waals surface area contributed by atoms with Gasteiger partial charge in [0.05, 0.1) is 15.9 Å². The number of rotatable bonds is 2. The number of nitrogens with one attached hydrogen (secondary N) is 1. The molecule has 2 nitrogen and oxygen atoms in total. The van der Waals surface area contributed by atoms with Crippen LogP contribution in [0.1, 0.15) is 5.56 Å². The summed E-state index contributed by atoms with van der Waals surface area (Å²) in [6.07, 6.45) is 0. The molecule has 2 aromatic carbocycles. The van der Waals surface area contributed by atoms with Gasteiger partial charge in [-0.25, -0.2) is 9.37 Å². The molecule has 0 unspecified atom stereocenters. The predicted molar refractivity (Wildman–Crippen MR) is 79.0 cm³/mol. The molecule has 0 radical (unpaired) electrons. The Morgan fingerprint density at radius 2 is 2.05 bits per heavy atom. The van der Waals surface area contributed by atoms with Crippen LogP contribution in [0.15, 0.2) is 36.4 Å². The zero-order valence-corrected chi connectivity index (χ0v) is 11.6. The monoisotopic (exact) mass is 292 g/mol. The van der Waals surface area contributed by atoms with Crippen LogP contribution in [-0.2, 0) is 0 Å². The van der Waals surface area contributed by atoms with Crippen molar-refractivity contribution in [2.75, 3.05) is 5.32 Å². The Morgan fingerprint density at radius 3 is 2.89 bits per heavy atom. The second kappa shape index (κ2) is 4.79. The van der Waals surface area contributed by atoms with Gasteiger partial charge in [-0.05, 0) is 42.8 Å². The molecule has 0 saturated carbocycles. The number of hydrogen-bond donors (Lipinski definition) is 1. The average molecular weight is 293 g/mol. The number of aryl methyl sites for hydroxylation is 1. The highest BCUT2D eigenvalue weighted by molar-refractivity contribution is 7.22. The van der Waals surface area contributed by atoms with E-state index < -0.39 is 0 Å². The molecule has 3 aromatic rings. The van der Waals surface area contributed by atoms with Crippen molar-refractivity contribution in [2.45, 2.75) is 6.92 Å². The number of anilines is 2. The van der Waals surface area contributed by atoms with Gasteiger partial charge in [0.15, 0.2) is 5.13 Å². The quantitative estimate of drug-likeness (QED) is 0.707. The van der Waals surface area contributed by atoms with E-state index in [1.807, 2.05) is 25.1 Å². The van der Waals surface area contributed by atoms with E-state index in [4.69, 9.17) is 11.6 Å². The number of fused-ring (bicyclic) bond motifs is 1. The first-order valence-electron chi connectivity index (χ1n) is 5.71. The van der Waals surface area contributed by atoms with Crippen LogP contribution in [0, 0.1) is 12.7 Å². The second-order valence-electron chi connectivity index (χ2n) is 4.24. The summed E-state index contributed by atoms with van der Waals surface area (Å²) >= 11 is 7.34. The van der Waals surface area contributed by atoms with Gasteiger partial charge >= 0.3 is 0 Å². The molecule has 1 heterocycles. The Bertz CT molecular complexity index is 754. The first-order chi connectivity index (χ1) is 9.11. The molecule has 0 aliphatic heterocycles. The van der Waals surface area contributed by atoms with Crippen LogP contribution in [0.3, 0.4) is 0 Å². The second-order valence-corrected chi connectivity index (χ2v) is 5.71. The topological polar surface area (TPSA) is 24.9 Å². The molecule has 0 atom stereocenters. The molecule has 19 heavy (non-hydrogen) atoms. The van der Waals surface area contributed by atoms with E-state index in [9.17, 15) is 4.39 Å². The van der Waals surface area contributed by atoms with Crippen molar-refractivity contribution in [2.24, 2.45) is 0 Å². The molecular formula is C14H10ClFN2S. The number of thiazole rings is 1. The zero-order chi connectivity index (χ0) is 13.4. The molecule has 0 aliphatic rings. The summed E-state index contributed by atoms with van der Waals surface area (Å²) < 4.78 is 14.7. The Hall–Kier alpha value is -1.65. The van der Waals surface area contributed by atoms with Crippen molar-refractivity contribution in [1.29, 1.82) is 0 Å². The van der Waals surface area contributed by atoms with Crippen molar-refractivity contribution in [3.63, 3.8) is 0 Å². The highest BCUT2D eigenvalue weighted by Gasteiger charge is 2.07. The summed E-state index contributed by atoms with van der Waals surface area (Å²) in [5.41, 5.74) is 2.40. The minimum absolute atomic E-state index is 0.336. The smallest absolute Gasteiger partial charge is 0.188 e. The fourth-order valence-corrected chi connectivity index (χ4v) is 2.83. The van der Waals surface area contributed by atoms with Gasteiger partial charge in [-0.1, -0.05) is 29.0 Å². The van der Waals surface area contributed by atoms with Gasteiger partial charge in [0.25, 0.3) is 0 Å². The number of aromatic nitrogens is 1. The fraction of sp³-hybridized carbons (Fsp3) is 0.0714. The van der Waals surface area contributed by atoms with Gasteiger partial charge in [-0.2, -0.15) is 0 Å².